The molecule has 0 bridgehead atoms. The molecule has 0 aliphatic heterocycles. The van der Waals surface area contributed by atoms with Crippen molar-refractivity contribution in [3.63, 3.8) is 0 Å². The summed E-state index contributed by atoms with van der Waals surface area (Å²) in [4.78, 5) is 5.09. The number of rotatable bonds is 5. The SMILES string of the molecule is CCc1cc2c(C)nc3c(-c4c(C)cc(C)cc4C)c(C)nn3c2n1Cc1ccc(OC)cc1. The van der Waals surface area contributed by atoms with Gasteiger partial charge in [0.2, 0.25) is 0 Å². The standard InChI is InChI=1S/C29H32N4O/c1-8-23-15-25-20(5)30-28-27(26-18(3)13-17(2)14-19(26)4)21(6)31-33(28)29(25)32(23)16-22-9-11-24(34-7)12-10-22/h9-15H,8,16H2,1-7H3. The Kier molecular flexibility index (Phi) is 5.43. The van der Waals surface area contributed by atoms with Gasteiger partial charge in [-0.25, -0.2) is 4.98 Å². The predicted octanol–water partition coefficient (Wildman–Crippen LogP) is 6.51. The highest BCUT2D eigenvalue weighted by Gasteiger charge is 2.22. The lowest BCUT2D eigenvalue weighted by atomic mass is 9.94. The summed E-state index contributed by atoms with van der Waals surface area (Å²) in [7, 11) is 1.70. The number of ether oxygens (including phenoxy) is 1. The van der Waals surface area contributed by atoms with E-state index in [-0.39, 0.29) is 0 Å². The van der Waals surface area contributed by atoms with Crippen LogP contribution in [0, 0.1) is 34.6 Å². The number of hydrogen-bond acceptors (Lipinski definition) is 3. The van der Waals surface area contributed by atoms with Crippen LogP contribution in [-0.2, 0) is 13.0 Å². The van der Waals surface area contributed by atoms with Crippen LogP contribution in [0.4, 0.5) is 0 Å². The molecule has 5 heteroatoms. The second-order valence-corrected chi connectivity index (χ2v) is 9.33. The van der Waals surface area contributed by atoms with Crippen LogP contribution in [-0.4, -0.2) is 26.3 Å². The number of fused-ring (bicyclic) bond motifs is 3. The molecular weight excluding hydrogens is 420 g/mol. The lowest BCUT2D eigenvalue weighted by Crippen LogP contribution is -2.08. The van der Waals surface area contributed by atoms with Gasteiger partial charge < -0.3 is 9.30 Å². The molecule has 2 aromatic carbocycles. The largest absolute Gasteiger partial charge is 0.497 e. The van der Waals surface area contributed by atoms with Crippen LogP contribution >= 0.6 is 0 Å². The Morgan fingerprint density at radius 2 is 1.53 bits per heavy atom. The van der Waals surface area contributed by atoms with Crippen molar-refractivity contribution in [3.05, 3.63) is 81.8 Å². The highest BCUT2D eigenvalue weighted by Crippen LogP contribution is 2.36. The summed E-state index contributed by atoms with van der Waals surface area (Å²) < 4.78 is 9.80. The zero-order valence-corrected chi connectivity index (χ0v) is 21.2. The summed E-state index contributed by atoms with van der Waals surface area (Å²) in [6, 6.07) is 15.1. The quantitative estimate of drug-likeness (QED) is 0.305. The average Bonchev–Trinajstić information content (AvgIpc) is 3.32. The summed E-state index contributed by atoms with van der Waals surface area (Å²) in [5.74, 6) is 0.871. The van der Waals surface area contributed by atoms with Crippen LogP contribution in [0.15, 0.2) is 42.5 Å². The second kappa shape index (κ2) is 8.32. The first-order chi connectivity index (χ1) is 16.3. The minimum absolute atomic E-state index is 0.770. The van der Waals surface area contributed by atoms with Gasteiger partial charge in [0.25, 0.3) is 0 Å². The number of benzene rings is 2. The maximum absolute atomic E-state index is 5.35. The maximum atomic E-state index is 5.35. The molecule has 5 aromatic rings. The normalized spacial score (nSPS) is 11.6. The van der Waals surface area contributed by atoms with E-state index in [9.17, 15) is 0 Å². The minimum atomic E-state index is 0.770. The van der Waals surface area contributed by atoms with Gasteiger partial charge in [0.15, 0.2) is 5.65 Å². The van der Waals surface area contributed by atoms with E-state index in [0.717, 1.165) is 52.3 Å². The van der Waals surface area contributed by atoms with E-state index in [1.165, 1.54) is 33.5 Å². The third kappa shape index (κ3) is 3.47. The number of nitrogens with zero attached hydrogens (tertiary/aromatic N) is 4. The van der Waals surface area contributed by atoms with Gasteiger partial charge >= 0.3 is 0 Å². The van der Waals surface area contributed by atoms with Gasteiger partial charge in [-0.2, -0.15) is 9.61 Å². The van der Waals surface area contributed by atoms with Crippen LogP contribution in [0.3, 0.4) is 0 Å². The fourth-order valence-corrected chi connectivity index (χ4v) is 5.32. The van der Waals surface area contributed by atoms with Crippen molar-refractivity contribution in [1.82, 2.24) is 19.2 Å². The Morgan fingerprint density at radius 1 is 0.853 bits per heavy atom. The van der Waals surface area contributed by atoms with Crippen molar-refractivity contribution < 1.29 is 4.74 Å². The molecule has 0 atom stereocenters. The highest BCUT2D eigenvalue weighted by molar-refractivity contribution is 5.90. The van der Waals surface area contributed by atoms with Crippen LogP contribution in [0.1, 0.15) is 46.3 Å². The van der Waals surface area contributed by atoms with E-state index >= 15 is 0 Å². The number of aromatic nitrogens is 4. The van der Waals surface area contributed by atoms with E-state index in [0.29, 0.717) is 0 Å². The van der Waals surface area contributed by atoms with Crippen molar-refractivity contribution in [3.8, 4) is 16.9 Å². The van der Waals surface area contributed by atoms with Crippen molar-refractivity contribution in [1.29, 1.82) is 0 Å². The third-order valence-corrected chi connectivity index (χ3v) is 6.84. The Hall–Kier alpha value is -3.60. The lowest BCUT2D eigenvalue weighted by molar-refractivity contribution is 0.414. The van der Waals surface area contributed by atoms with E-state index in [4.69, 9.17) is 14.8 Å². The smallest absolute Gasteiger partial charge is 0.165 e. The first kappa shape index (κ1) is 22.2. The van der Waals surface area contributed by atoms with Gasteiger partial charge in [-0.1, -0.05) is 36.8 Å². The summed E-state index contributed by atoms with van der Waals surface area (Å²) in [5, 5.41) is 6.21. The topological polar surface area (TPSA) is 44.4 Å². The van der Waals surface area contributed by atoms with Crippen LogP contribution in [0.2, 0.25) is 0 Å². The molecule has 5 nitrogen and oxygen atoms in total. The molecule has 0 radical (unpaired) electrons. The maximum Gasteiger partial charge on any atom is 0.165 e. The van der Waals surface area contributed by atoms with Gasteiger partial charge in [-0.05, 0) is 81.5 Å². The fraction of sp³-hybridized carbons (Fsp3) is 0.310. The lowest BCUT2D eigenvalue weighted by Gasteiger charge is -2.13. The molecule has 0 N–H and O–H groups in total. The van der Waals surface area contributed by atoms with E-state index < -0.39 is 0 Å². The molecule has 34 heavy (non-hydrogen) atoms. The van der Waals surface area contributed by atoms with Gasteiger partial charge in [0, 0.05) is 17.6 Å². The number of aryl methyl sites for hydroxylation is 6. The molecule has 0 amide bonds. The van der Waals surface area contributed by atoms with Crippen molar-refractivity contribution in [2.24, 2.45) is 0 Å². The molecule has 0 unspecified atom stereocenters. The molecule has 0 saturated carbocycles. The van der Waals surface area contributed by atoms with Crippen molar-refractivity contribution in [2.75, 3.05) is 7.11 Å². The Morgan fingerprint density at radius 3 is 2.15 bits per heavy atom. The third-order valence-electron chi connectivity index (χ3n) is 6.84. The summed E-state index contributed by atoms with van der Waals surface area (Å²) in [6.07, 6.45) is 0.940. The monoisotopic (exact) mass is 452 g/mol. The summed E-state index contributed by atoms with van der Waals surface area (Å²) in [5.41, 5.74) is 12.8. The Balaban J connectivity index is 1.79. The van der Waals surface area contributed by atoms with Gasteiger partial charge in [0.1, 0.15) is 11.4 Å². The van der Waals surface area contributed by atoms with Gasteiger partial charge in [0.05, 0.1) is 24.1 Å². The van der Waals surface area contributed by atoms with Crippen LogP contribution in [0.25, 0.3) is 27.8 Å². The molecule has 5 rings (SSSR count). The molecule has 0 saturated heterocycles. The van der Waals surface area contributed by atoms with Gasteiger partial charge in [-0.3, -0.25) is 0 Å². The summed E-state index contributed by atoms with van der Waals surface area (Å²) >= 11 is 0. The van der Waals surface area contributed by atoms with Gasteiger partial charge in [-0.15, -0.1) is 0 Å². The molecule has 0 fully saturated rings. The zero-order chi connectivity index (χ0) is 24.1. The molecular formula is C29H32N4O. The van der Waals surface area contributed by atoms with E-state index in [1.54, 1.807) is 7.11 Å². The molecule has 0 spiro atoms. The first-order valence-corrected chi connectivity index (χ1v) is 11.9. The van der Waals surface area contributed by atoms with E-state index in [1.807, 2.05) is 12.1 Å². The first-order valence-electron chi connectivity index (χ1n) is 11.9. The Labute approximate surface area is 201 Å². The zero-order valence-electron chi connectivity index (χ0n) is 21.2. The van der Waals surface area contributed by atoms with Crippen molar-refractivity contribution >= 4 is 16.7 Å². The molecule has 3 heterocycles. The number of hydrogen-bond donors (Lipinski definition) is 0. The second-order valence-electron chi connectivity index (χ2n) is 9.33. The average molecular weight is 453 g/mol. The molecule has 0 aliphatic rings. The van der Waals surface area contributed by atoms with Crippen LogP contribution in [0.5, 0.6) is 5.75 Å². The van der Waals surface area contributed by atoms with Crippen LogP contribution < -0.4 is 4.74 Å². The molecule has 0 aliphatic carbocycles. The Bertz CT molecular complexity index is 1510. The molecule has 174 valence electrons. The highest BCUT2D eigenvalue weighted by atomic mass is 16.5. The minimum Gasteiger partial charge on any atom is -0.497 e. The summed E-state index contributed by atoms with van der Waals surface area (Å²) in [6.45, 7) is 13.7. The number of methoxy groups -OCH3 is 1. The van der Waals surface area contributed by atoms with E-state index in [2.05, 4.69) is 81.0 Å². The fourth-order valence-electron chi connectivity index (χ4n) is 5.32. The van der Waals surface area contributed by atoms with Crippen molar-refractivity contribution in [2.45, 2.75) is 54.5 Å². The predicted molar refractivity (Wildman–Crippen MR) is 139 cm³/mol. The molecule has 3 aromatic heterocycles.